The van der Waals surface area contributed by atoms with Crippen LogP contribution in [0.2, 0.25) is 0 Å². The molecular formula is C22H24N2O4. The molecule has 0 aliphatic heterocycles. The Morgan fingerprint density at radius 1 is 0.929 bits per heavy atom. The molecule has 3 amide bonds. The maximum Gasteiger partial charge on any atom is 0.338 e. The third-order valence-corrected chi connectivity index (χ3v) is 4.75. The molecule has 1 saturated carbocycles. The van der Waals surface area contributed by atoms with E-state index in [-0.39, 0.29) is 6.04 Å². The van der Waals surface area contributed by atoms with Gasteiger partial charge in [-0.25, -0.2) is 9.59 Å². The smallest absolute Gasteiger partial charge is 0.338 e. The molecule has 2 aromatic rings. The molecule has 2 N–H and O–H groups in total. The summed E-state index contributed by atoms with van der Waals surface area (Å²) in [4.78, 5) is 36.1. The first-order valence-corrected chi connectivity index (χ1v) is 9.51. The lowest BCUT2D eigenvalue weighted by Crippen LogP contribution is -2.45. The number of ether oxygens (including phenoxy) is 1. The Morgan fingerprint density at radius 2 is 1.61 bits per heavy atom. The molecule has 0 unspecified atom stereocenters. The molecule has 0 saturated heterocycles. The number of urea groups is 1. The molecule has 0 heterocycles. The molecule has 0 bridgehead atoms. The average Bonchev–Trinajstić information content (AvgIpc) is 3.20. The first-order chi connectivity index (χ1) is 13.6. The third-order valence-electron chi connectivity index (χ3n) is 4.75. The second-order valence-electron chi connectivity index (χ2n) is 6.90. The van der Waals surface area contributed by atoms with Crippen molar-refractivity contribution in [1.82, 2.24) is 10.6 Å². The largest absolute Gasteiger partial charge is 0.452 e. The molecule has 1 aliphatic rings. The first kappa shape index (κ1) is 19.6. The minimum atomic E-state index is -0.649. The minimum Gasteiger partial charge on any atom is -0.452 e. The van der Waals surface area contributed by atoms with Crippen molar-refractivity contribution in [3.05, 3.63) is 71.3 Å². The van der Waals surface area contributed by atoms with Gasteiger partial charge in [-0.05, 0) is 36.5 Å². The highest BCUT2D eigenvalue weighted by atomic mass is 16.5. The lowest BCUT2D eigenvalue weighted by Gasteiger charge is -2.13. The van der Waals surface area contributed by atoms with E-state index >= 15 is 0 Å². The van der Waals surface area contributed by atoms with Gasteiger partial charge in [-0.15, -0.1) is 0 Å². The highest BCUT2D eigenvalue weighted by molar-refractivity contribution is 5.97. The van der Waals surface area contributed by atoms with Gasteiger partial charge in [-0.2, -0.15) is 0 Å². The van der Waals surface area contributed by atoms with E-state index < -0.39 is 24.5 Å². The molecule has 0 atom stereocenters. The van der Waals surface area contributed by atoms with Gasteiger partial charge in [0.25, 0.3) is 5.91 Å². The number of imide groups is 1. The molecule has 1 fully saturated rings. The van der Waals surface area contributed by atoms with Crippen LogP contribution < -0.4 is 10.6 Å². The van der Waals surface area contributed by atoms with Crippen molar-refractivity contribution in [2.45, 2.75) is 38.1 Å². The Bertz CT molecular complexity index is 829. The van der Waals surface area contributed by atoms with E-state index in [1.54, 1.807) is 12.1 Å². The van der Waals surface area contributed by atoms with Crippen molar-refractivity contribution in [1.29, 1.82) is 0 Å². The Labute approximate surface area is 164 Å². The molecule has 0 radical (unpaired) electrons. The Morgan fingerprint density at radius 3 is 2.36 bits per heavy atom. The second kappa shape index (κ2) is 9.69. The van der Waals surface area contributed by atoms with Crippen molar-refractivity contribution in [2.24, 2.45) is 0 Å². The standard InChI is InChI=1S/C22H24N2O4/c25-20(24-22(27)23-18-11-5-6-12-18)15-28-21(26)19-13-7-4-10-17(19)14-16-8-2-1-3-9-16/h1-4,7-10,13,18H,5-6,11-12,14-15H2,(H2,23,24,25,27). The monoisotopic (exact) mass is 380 g/mol. The Hall–Kier alpha value is -3.15. The van der Waals surface area contributed by atoms with E-state index in [0.29, 0.717) is 12.0 Å². The van der Waals surface area contributed by atoms with E-state index in [1.165, 1.54) is 0 Å². The van der Waals surface area contributed by atoms with Crippen LogP contribution in [0.3, 0.4) is 0 Å². The van der Waals surface area contributed by atoms with Gasteiger partial charge in [-0.1, -0.05) is 61.4 Å². The predicted octanol–water partition coefficient (Wildman–Crippen LogP) is 3.20. The van der Waals surface area contributed by atoms with E-state index in [0.717, 1.165) is 36.8 Å². The number of esters is 1. The van der Waals surface area contributed by atoms with Crippen LogP contribution in [0.25, 0.3) is 0 Å². The summed E-state index contributed by atoms with van der Waals surface area (Å²) in [6.45, 7) is -0.503. The number of hydrogen-bond acceptors (Lipinski definition) is 4. The molecule has 2 aromatic carbocycles. The average molecular weight is 380 g/mol. The summed E-state index contributed by atoms with van der Waals surface area (Å²) in [6.07, 6.45) is 4.60. The van der Waals surface area contributed by atoms with Gasteiger partial charge in [0.05, 0.1) is 5.56 Å². The Balaban J connectivity index is 1.51. The number of carbonyl (C=O) groups excluding carboxylic acids is 3. The van der Waals surface area contributed by atoms with Crippen LogP contribution in [0.4, 0.5) is 4.79 Å². The lowest BCUT2D eigenvalue weighted by atomic mass is 10.00. The number of hydrogen-bond donors (Lipinski definition) is 2. The van der Waals surface area contributed by atoms with Crippen LogP contribution in [0.15, 0.2) is 54.6 Å². The van der Waals surface area contributed by atoms with Gasteiger partial charge in [0.2, 0.25) is 0 Å². The van der Waals surface area contributed by atoms with E-state index in [9.17, 15) is 14.4 Å². The van der Waals surface area contributed by atoms with E-state index in [1.807, 2.05) is 42.5 Å². The molecule has 146 valence electrons. The number of nitrogens with one attached hydrogen (secondary N) is 2. The zero-order valence-electron chi connectivity index (χ0n) is 15.6. The zero-order valence-corrected chi connectivity index (χ0v) is 15.6. The SMILES string of the molecule is O=C(COC(=O)c1ccccc1Cc1ccccc1)NC(=O)NC1CCCC1. The summed E-state index contributed by atoms with van der Waals surface area (Å²) in [6, 6.07) is 16.5. The highest BCUT2D eigenvalue weighted by Crippen LogP contribution is 2.17. The highest BCUT2D eigenvalue weighted by Gasteiger charge is 2.19. The van der Waals surface area contributed by atoms with Crippen molar-refractivity contribution < 1.29 is 19.1 Å². The number of rotatable bonds is 6. The molecule has 0 aromatic heterocycles. The van der Waals surface area contributed by atoms with Crippen LogP contribution in [-0.4, -0.2) is 30.6 Å². The van der Waals surface area contributed by atoms with Gasteiger partial charge in [-0.3, -0.25) is 10.1 Å². The summed E-state index contributed by atoms with van der Waals surface area (Å²) in [5.74, 6) is -1.23. The van der Waals surface area contributed by atoms with Gasteiger partial charge >= 0.3 is 12.0 Å². The summed E-state index contributed by atoms with van der Waals surface area (Å²) < 4.78 is 5.11. The number of amides is 3. The quantitative estimate of drug-likeness (QED) is 0.754. The number of benzene rings is 2. The normalized spacial score (nSPS) is 13.7. The number of carbonyl (C=O) groups is 3. The maximum absolute atomic E-state index is 12.4. The topological polar surface area (TPSA) is 84.5 Å². The summed E-state index contributed by atoms with van der Waals surface area (Å²) in [5.41, 5.74) is 2.30. The summed E-state index contributed by atoms with van der Waals surface area (Å²) in [7, 11) is 0. The van der Waals surface area contributed by atoms with Gasteiger partial charge in [0, 0.05) is 6.04 Å². The van der Waals surface area contributed by atoms with Crippen molar-refractivity contribution >= 4 is 17.9 Å². The molecule has 3 rings (SSSR count). The van der Waals surface area contributed by atoms with Gasteiger partial charge in [0.1, 0.15) is 0 Å². The van der Waals surface area contributed by atoms with Crippen molar-refractivity contribution in [2.75, 3.05) is 6.61 Å². The van der Waals surface area contributed by atoms with Crippen LogP contribution in [0.1, 0.15) is 47.2 Å². The van der Waals surface area contributed by atoms with Crippen molar-refractivity contribution in [3.63, 3.8) is 0 Å². The minimum absolute atomic E-state index is 0.111. The molecular weight excluding hydrogens is 356 g/mol. The molecule has 0 spiro atoms. The van der Waals surface area contributed by atoms with Crippen LogP contribution in [0.5, 0.6) is 0 Å². The van der Waals surface area contributed by atoms with Crippen molar-refractivity contribution in [3.8, 4) is 0 Å². The summed E-state index contributed by atoms with van der Waals surface area (Å²) in [5, 5.41) is 4.96. The van der Waals surface area contributed by atoms with E-state index in [4.69, 9.17) is 4.74 Å². The fraction of sp³-hybridized carbons (Fsp3) is 0.318. The van der Waals surface area contributed by atoms with Crippen LogP contribution >= 0.6 is 0 Å². The Kier molecular flexibility index (Phi) is 6.78. The second-order valence-corrected chi connectivity index (χ2v) is 6.90. The third kappa shape index (κ3) is 5.67. The molecule has 1 aliphatic carbocycles. The maximum atomic E-state index is 12.4. The molecule has 6 nitrogen and oxygen atoms in total. The zero-order chi connectivity index (χ0) is 19.8. The van der Waals surface area contributed by atoms with E-state index in [2.05, 4.69) is 10.6 Å². The van der Waals surface area contributed by atoms with Gasteiger partial charge in [0.15, 0.2) is 6.61 Å². The fourth-order valence-corrected chi connectivity index (χ4v) is 3.35. The van der Waals surface area contributed by atoms with Crippen LogP contribution in [-0.2, 0) is 16.0 Å². The predicted molar refractivity (Wildman–Crippen MR) is 105 cm³/mol. The molecule has 28 heavy (non-hydrogen) atoms. The lowest BCUT2D eigenvalue weighted by molar-refractivity contribution is -0.123. The van der Waals surface area contributed by atoms with Gasteiger partial charge < -0.3 is 10.1 Å². The van der Waals surface area contributed by atoms with Crippen LogP contribution in [0, 0.1) is 0 Å². The first-order valence-electron chi connectivity index (χ1n) is 9.51. The summed E-state index contributed by atoms with van der Waals surface area (Å²) >= 11 is 0. The molecule has 6 heteroatoms. The fourth-order valence-electron chi connectivity index (χ4n) is 3.35.